The lowest BCUT2D eigenvalue weighted by atomic mass is 9.80. The van der Waals surface area contributed by atoms with E-state index in [4.69, 9.17) is 14.2 Å². The fourth-order valence-corrected chi connectivity index (χ4v) is 5.89. The van der Waals surface area contributed by atoms with Crippen LogP contribution in [0.2, 0.25) is 0 Å². The Morgan fingerprint density at radius 1 is 0.955 bits per heavy atom. The SMILES string of the molecule is COc1cc(C(F)(F)F)cc(C(F)(F)F)c1C(=O)NC1(c2ccccc2)CCCN(C2CCOCC2)C1.O=C1CCOCC1. The zero-order chi connectivity index (χ0) is 32.0. The number of likely N-dealkylation sites (tertiary alicyclic amines) is 1. The standard InChI is InChI=1S/C26H28F6N2O3.C5H8O2/c1-36-21-15-18(25(27,28)29)14-20(26(30,31)32)22(21)23(35)33-24(17-6-3-2-4-7-17)10-5-11-34(16-24)19-8-12-37-13-9-19;6-5-1-3-7-4-2-5/h2-4,6-7,14-15,19H,5,8-13,16H2,1H3,(H,33,35);1-4H2. The van der Waals surface area contributed by atoms with E-state index in [1.807, 2.05) is 0 Å². The second kappa shape index (κ2) is 14.3. The number of rotatable bonds is 5. The maximum atomic E-state index is 14.0. The van der Waals surface area contributed by atoms with E-state index in [1.165, 1.54) is 0 Å². The molecule has 13 heteroatoms. The van der Waals surface area contributed by atoms with Crippen molar-refractivity contribution in [1.82, 2.24) is 10.2 Å². The second-order valence-corrected chi connectivity index (χ2v) is 11.1. The van der Waals surface area contributed by atoms with Crippen LogP contribution in [-0.2, 0) is 32.2 Å². The number of alkyl halides is 6. The monoisotopic (exact) mass is 630 g/mol. The number of methoxy groups -OCH3 is 1. The van der Waals surface area contributed by atoms with Crippen molar-refractivity contribution in [3.05, 3.63) is 64.7 Å². The van der Waals surface area contributed by atoms with Crippen molar-refractivity contribution < 1.29 is 50.1 Å². The van der Waals surface area contributed by atoms with Gasteiger partial charge in [-0.15, -0.1) is 0 Å². The Kier molecular flexibility index (Phi) is 11.0. The van der Waals surface area contributed by atoms with Crippen LogP contribution >= 0.6 is 0 Å². The minimum atomic E-state index is -5.22. The van der Waals surface area contributed by atoms with Crippen LogP contribution in [0.1, 0.15) is 65.6 Å². The van der Waals surface area contributed by atoms with E-state index in [-0.39, 0.29) is 12.1 Å². The van der Waals surface area contributed by atoms with Gasteiger partial charge in [-0.3, -0.25) is 14.5 Å². The van der Waals surface area contributed by atoms with Gasteiger partial charge in [-0.25, -0.2) is 0 Å². The molecule has 0 bridgehead atoms. The van der Waals surface area contributed by atoms with E-state index in [2.05, 4.69) is 10.2 Å². The molecular weight excluding hydrogens is 594 g/mol. The maximum Gasteiger partial charge on any atom is 0.417 e. The van der Waals surface area contributed by atoms with Gasteiger partial charge >= 0.3 is 12.4 Å². The number of carbonyl (C=O) groups excluding carboxylic acids is 2. The summed E-state index contributed by atoms with van der Waals surface area (Å²) in [6.45, 7) is 3.58. The Labute approximate surface area is 251 Å². The van der Waals surface area contributed by atoms with E-state index >= 15 is 0 Å². The lowest BCUT2D eigenvalue weighted by Crippen LogP contribution is -2.59. The fourth-order valence-electron chi connectivity index (χ4n) is 5.89. The highest BCUT2D eigenvalue weighted by Crippen LogP contribution is 2.42. The zero-order valence-electron chi connectivity index (χ0n) is 24.4. The summed E-state index contributed by atoms with van der Waals surface area (Å²) >= 11 is 0. The molecular formula is C31H36F6N2O5. The summed E-state index contributed by atoms with van der Waals surface area (Å²) < 4.78 is 97.2. The quantitative estimate of drug-likeness (QED) is 0.409. The Morgan fingerprint density at radius 3 is 2.14 bits per heavy atom. The highest BCUT2D eigenvalue weighted by atomic mass is 19.4. The molecule has 0 saturated carbocycles. The first-order valence-electron chi connectivity index (χ1n) is 14.5. The van der Waals surface area contributed by atoms with E-state index in [9.17, 15) is 35.9 Å². The number of hydrogen-bond acceptors (Lipinski definition) is 6. The number of piperidine rings is 1. The summed E-state index contributed by atoms with van der Waals surface area (Å²) in [4.78, 5) is 26.2. The highest BCUT2D eigenvalue weighted by Gasteiger charge is 2.45. The van der Waals surface area contributed by atoms with Crippen LogP contribution in [0.25, 0.3) is 0 Å². The number of nitrogens with zero attached hydrogens (tertiary/aromatic N) is 1. The lowest BCUT2D eigenvalue weighted by Gasteiger charge is -2.47. The summed E-state index contributed by atoms with van der Waals surface area (Å²) in [6, 6.07) is 9.51. The van der Waals surface area contributed by atoms with E-state index in [0.29, 0.717) is 76.1 Å². The number of ketones is 1. The fraction of sp³-hybridized carbons (Fsp3) is 0.548. The molecule has 1 unspecified atom stereocenters. The van der Waals surface area contributed by atoms with Crippen LogP contribution < -0.4 is 10.1 Å². The largest absolute Gasteiger partial charge is 0.496 e. The Morgan fingerprint density at radius 2 is 1.59 bits per heavy atom. The van der Waals surface area contributed by atoms with Crippen LogP contribution in [0.15, 0.2) is 42.5 Å². The Balaban J connectivity index is 0.000000555. The van der Waals surface area contributed by atoms with Crippen LogP contribution in [0.3, 0.4) is 0 Å². The Hall–Kier alpha value is -3.16. The summed E-state index contributed by atoms with van der Waals surface area (Å²) in [5, 5.41) is 2.81. The van der Waals surface area contributed by atoms with Gasteiger partial charge < -0.3 is 19.5 Å². The van der Waals surface area contributed by atoms with E-state index in [0.717, 1.165) is 26.5 Å². The number of nitrogens with one attached hydrogen (secondary N) is 1. The van der Waals surface area contributed by atoms with Gasteiger partial charge in [0.25, 0.3) is 5.91 Å². The second-order valence-electron chi connectivity index (χ2n) is 11.1. The summed E-state index contributed by atoms with van der Waals surface area (Å²) in [6.07, 6.45) is -6.31. The third-order valence-electron chi connectivity index (χ3n) is 8.14. The van der Waals surface area contributed by atoms with Crippen molar-refractivity contribution in [3.8, 4) is 5.75 Å². The number of benzene rings is 2. The first-order valence-corrected chi connectivity index (χ1v) is 14.5. The molecule has 3 saturated heterocycles. The molecule has 1 atom stereocenters. The van der Waals surface area contributed by atoms with Crippen LogP contribution in [0, 0.1) is 0 Å². The molecule has 2 aromatic rings. The maximum absolute atomic E-state index is 14.0. The van der Waals surface area contributed by atoms with Crippen LogP contribution in [0.5, 0.6) is 5.75 Å². The van der Waals surface area contributed by atoms with Gasteiger partial charge in [-0.1, -0.05) is 30.3 Å². The summed E-state index contributed by atoms with van der Waals surface area (Å²) in [5.74, 6) is -1.60. The number of hydrogen-bond donors (Lipinski definition) is 1. The molecule has 3 fully saturated rings. The van der Waals surface area contributed by atoms with Gasteiger partial charge in [-0.2, -0.15) is 26.3 Å². The van der Waals surface area contributed by atoms with Gasteiger partial charge in [0.05, 0.1) is 42.6 Å². The van der Waals surface area contributed by atoms with Gasteiger partial charge in [-0.05, 0) is 49.9 Å². The minimum absolute atomic E-state index is 0.0399. The van der Waals surface area contributed by atoms with Gasteiger partial charge in [0.1, 0.15) is 11.5 Å². The first kappa shape index (κ1) is 33.7. The van der Waals surface area contributed by atoms with Crippen molar-refractivity contribution in [2.45, 2.75) is 62.5 Å². The molecule has 0 spiro atoms. The zero-order valence-corrected chi connectivity index (χ0v) is 24.4. The number of halogens is 6. The van der Waals surface area contributed by atoms with Crippen molar-refractivity contribution in [2.24, 2.45) is 0 Å². The topological polar surface area (TPSA) is 77.1 Å². The predicted octanol–water partition coefficient (Wildman–Crippen LogP) is 6.00. The summed E-state index contributed by atoms with van der Waals surface area (Å²) in [5.41, 5.74) is -4.56. The van der Waals surface area contributed by atoms with E-state index < -0.39 is 46.2 Å². The molecule has 0 radical (unpaired) electrons. The normalized spacial score (nSPS) is 22.1. The van der Waals surface area contributed by atoms with Gasteiger partial charge in [0.15, 0.2) is 0 Å². The molecule has 7 nitrogen and oxygen atoms in total. The molecule has 3 aliphatic rings. The number of ether oxygens (including phenoxy) is 3. The molecule has 3 heterocycles. The minimum Gasteiger partial charge on any atom is -0.496 e. The van der Waals surface area contributed by atoms with Crippen molar-refractivity contribution in [1.29, 1.82) is 0 Å². The smallest absolute Gasteiger partial charge is 0.417 e. The van der Waals surface area contributed by atoms with Gasteiger partial charge in [0, 0.05) is 38.6 Å². The van der Waals surface area contributed by atoms with Crippen molar-refractivity contribution >= 4 is 11.7 Å². The molecule has 5 rings (SSSR count). The molecule has 44 heavy (non-hydrogen) atoms. The molecule has 0 aromatic heterocycles. The molecule has 1 amide bonds. The highest BCUT2D eigenvalue weighted by molar-refractivity contribution is 5.99. The molecule has 3 aliphatic heterocycles. The molecule has 242 valence electrons. The average molecular weight is 631 g/mol. The Bertz CT molecular complexity index is 1270. The van der Waals surface area contributed by atoms with E-state index in [1.54, 1.807) is 30.3 Å². The number of Topliss-reactive ketones (excluding diaryl/α,β-unsaturated/α-hetero) is 1. The van der Waals surface area contributed by atoms with Crippen LogP contribution in [0.4, 0.5) is 26.3 Å². The summed E-state index contributed by atoms with van der Waals surface area (Å²) in [7, 11) is 0.937. The number of carbonyl (C=O) groups is 2. The third-order valence-corrected chi connectivity index (χ3v) is 8.14. The average Bonchev–Trinajstić information content (AvgIpc) is 3.01. The van der Waals surface area contributed by atoms with Crippen molar-refractivity contribution in [2.75, 3.05) is 46.6 Å². The van der Waals surface area contributed by atoms with Crippen LogP contribution in [-0.4, -0.2) is 69.3 Å². The number of amides is 1. The van der Waals surface area contributed by atoms with Crippen molar-refractivity contribution in [3.63, 3.8) is 0 Å². The lowest BCUT2D eigenvalue weighted by molar-refractivity contribution is -0.143. The van der Waals surface area contributed by atoms with Gasteiger partial charge in [0.2, 0.25) is 0 Å². The molecule has 1 N–H and O–H groups in total. The molecule has 0 aliphatic carbocycles. The molecule has 2 aromatic carbocycles. The predicted molar refractivity (Wildman–Crippen MR) is 148 cm³/mol. The third kappa shape index (κ3) is 8.30. The first-order chi connectivity index (χ1) is 20.8.